The number of hydrogen-bond acceptors (Lipinski definition) is 3. The molecule has 5 nitrogen and oxygen atoms in total. The number of benzene rings is 2. The van der Waals surface area contributed by atoms with Gasteiger partial charge in [-0.15, -0.1) is 0 Å². The number of carbonyl (C=O) groups is 2. The first-order valence-electron chi connectivity index (χ1n) is 13.4. The van der Waals surface area contributed by atoms with E-state index in [4.69, 9.17) is 0 Å². The number of rotatable bonds is 11. The molecule has 0 aliphatic carbocycles. The molecule has 1 aliphatic heterocycles. The summed E-state index contributed by atoms with van der Waals surface area (Å²) in [5.41, 5.74) is 3.30. The topological polar surface area (TPSA) is 62.3 Å². The Morgan fingerprint density at radius 2 is 1.59 bits per heavy atom. The van der Waals surface area contributed by atoms with E-state index in [-0.39, 0.29) is 17.7 Å². The Morgan fingerprint density at radius 3 is 2.22 bits per heavy atom. The van der Waals surface area contributed by atoms with Gasteiger partial charge in [0.05, 0.1) is 0 Å². The normalized spacial score (nSPS) is 14.2. The van der Waals surface area contributed by atoms with Crippen LogP contribution in [0.1, 0.15) is 61.1 Å². The molecule has 1 N–H and O–H groups in total. The van der Waals surface area contributed by atoms with Crippen LogP contribution in [0.3, 0.4) is 0 Å². The van der Waals surface area contributed by atoms with Gasteiger partial charge < -0.3 is 10.2 Å². The van der Waals surface area contributed by atoms with Crippen molar-refractivity contribution < 1.29 is 9.59 Å². The van der Waals surface area contributed by atoms with Gasteiger partial charge >= 0.3 is 0 Å². The van der Waals surface area contributed by atoms with Crippen molar-refractivity contribution in [1.29, 1.82) is 0 Å². The van der Waals surface area contributed by atoms with Crippen LogP contribution in [-0.2, 0) is 9.59 Å². The number of amides is 2. The average molecular weight is 496 g/mol. The van der Waals surface area contributed by atoms with Gasteiger partial charge in [0, 0.05) is 50.4 Å². The lowest BCUT2D eigenvalue weighted by molar-refractivity contribution is -0.132. The summed E-state index contributed by atoms with van der Waals surface area (Å²) in [4.78, 5) is 31.3. The highest BCUT2D eigenvalue weighted by Gasteiger charge is 2.26. The van der Waals surface area contributed by atoms with E-state index >= 15 is 0 Å². The highest BCUT2D eigenvalue weighted by molar-refractivity contribution is 5.91. The van der Waals surface area contributed by atoms with Crippen LogP contribution in [0.5, 0.6) is 0 Å². The Balaban J connectivity index is 1.15. The maximum Gasteiger partial charge on any atom is 0.243 e. The minimum Gasteiger partial charge on any atom is -0.353 e. The molecule has 1 fully saturated rings. The summed E-state index contributed by atoms with van der Waals surface area (Å²) in [7, 11) is 0. The van der Waals surface area contributed by atoms with E-state index < -0.39 is 0 Å². The van der Waals surface area contributed by atoms with Crippen LogP contribution in [0.25, 0.3) is 6.08 Å². The number of nitrogens with one attached hydrogen (secondary N) is 1. The second-order valence-corrected chi connectivity index (χ2v) is 9.81. The molecular formula is C32H37N3O2. The quantitative estimate of drug-likeness (QED) is 0.268. The van der Waals surface area contributed by atoms with Gasteiger partial charge in [-0.25, -0.2) is 0 Å². The zero-order chi connectivity index (χ0) is 25.7. The average Bonchev–Trinajstić information content (AvgIpc) is 2.96. The van der Waals surface area contributed by atoms with Gasteiger partial charge in [-0.3, -0.25) is 14.6 Å². The van der Waals surface area contributed by atoms with Gasteiger partial charge in [-0.2, -0.15) is 0 Å². The number of pyridine rings is 1. The van der Waals surface area contributed by atoms with Gasteiger partial charge in [0.15, 0.2) is 0 Å². The fourth-order valence-electron chi connectivity index (χ4n) is 5.05. The molecule has 1 aliphatic rings. The van der Waals surface area contributed by atoms with E-state index in [0.717, 1.165) is 50.8 Å². The molecule has 37 heavy (non-hydrogen) atoms. The number of carbonyl (C=O) groups excluding carboxylic acids is 2. The van der Waals surface area contributed by atoms with E-state index in [0.29, 0.717) is 18.9 Å². The van der Waals surface area contributed by atoms with Gasteiger partial charge in [0.25, 0.3) is 0 Å². The SMILES string of the molecule is O=C(/C=C/c1cccnc1)NCCCCC1CCN(C(=O)CC(c2ccccc2)c2ccccc2)CC1. The Bertz CT molecular complexity index is 1080. The molecule has 2 aromatic carbocycles. The first kappa shape index (κ1) is 26.3. The van der Waals surface area contributed by atoms with Crippen molar-refractivity contribution in [1.82, 2.24) is 15.2 Å². The third-order valence-electron chi connectivity index (χ3n) is 7.20. The fourth-order valence-corrected chi connectivity index (χ4v) is 5.05. The van der Waals surface area contributed by atoms with E-state index in [2.05, 4.69) is 39.5 Å². The Labute approximate surface area is 220 Å². The maximum absolute atomic E-state index is 13.2. The van der Waals surface area contributed by atoms with E-state index in [1.54, 1.807) is 24.5 Å². The van der Waals surface area contributed by atoms with Crippen LogP contribution < -0.4 is 5.32 Å². The summed E-state index contributed by atoms with van der Waals surface area (Å²) < 4.78 is 0. The maximum atomic E-state index is 13.2. The third-order valence-corrected chi connectivity index (χ3v) is 7.20. The van der Waals surface area contributed by atoms with Crippen LogP contribution in [0.2, 0.25) is 0 Å². The van der Waals surface area contributed by atoms with Crippen molar-refractivity contribution >= 4 is 17.9 Å². The summed E-state index contributed by atoms with van der Waals surface area (Å²) in [6, 6.07) is 24.5. The molecule has 0 atom stereocenters. The van der Waals surface area contributed by atoms with E-state index in [1.807, 2.05) is 48.5 Å². The number of nitrogens with zero attached hydrogens (tertiary/aromatic N) is 2. The molecule has 5 heteroatoms. The lowest BCUT2D eigenvalue weighted by Gasteiger charge is -2.33. The number of aromatic nitrogens is 1. The predicted molar refractivity (Wildman–Crippen MR) is 149 cm³/mol. The smallest absolute Gasteiger partial charge is 0.243 e. The van der Waals surface area contributed by atoms with E-state index in [1.165, 1.54) is 11.1 Å². The first-order valence-corrected chi connectivity index (χ1v) is 13.4. The van der Waals surface area contributed by atoms with Crippen LogP contribution in [-0.4, -0.2) is 41.3 Å². The molecule has 0 bridgehead atoms. The summed E-state index contributed by atoms with van der Waals surface area (Å²) in [5.74, 6) is 0.921. The fraction of sp³-hybridized carbons (Fsp3) is 0.344. The molecule has 0 unspecified atom stereocenters. The standard InChI is InChI=1S/C32H37N3O2/c36-31(17-16-27-11-9-20-33-25-27)34-21-8-7-10-26-18-22-35(23-19-26)32(37)24-30(28-12-3-1-4-13-28)29-14-5-2-6-15-29/h1-6,9,11-17,20,25-26,30H,7-8,10,18-19,21-24H2,(H,34,36)/b17-16+. The largest absolute Gasteiger partial charge is 0.353 e. The van der Waals surface area contributed by atoms with Gasteiger partial charge in [-0.05, 0) is 54.0 Å². The molecule has 4 rings (SSSR count). The van der Waals surface area contributed by atoms with Crippen LogP contribution in [0, 0.1) is 5.92 Å². The van der Waals surface area contributed by atoms with Crippen molar-refractivity contribution in [3.8, 4) is 0 Å². The minimum atomic E-state index is -0.0695. The van der Waals surface area contributed by atoms with Gasteiger partial charge in [0.1, 0.15) is 0 Å². The number of hydrogen-bond donors (Lipinski definition) is 1. The van der Waals surface area contributed by atoms with E-state index in [9.17, 15) is 9.59 Å². The Hall–Kier alpha value is -3.73. The summed E-state index contributed by atoms with van der Waals surface area (Å²) in [5, 5.41) is 2.96. The zero-order valence-electron chi connectivity index (χ0n) is 21.5. The number of piperidine rings is 1. The lowest BCUT2D eigenvalue weighted by atomic mass is 9.87. The third kappa shape index (κ3) is 8.42. The Morgan fingerprint density at radius 1 is 0.919 bits per heavy atom. The van der Waals surface area contributed by atoms with Crippen molar-refractivity contribution in [2.45, 2.75) is 44.4 Å². The highest BCUT2D eigenvalue weighted by Crippen LogP contribution is 2.30. The predicted octanol–water partition coefficient (Wildman–Crippen LogP) is 5.84. The number of unbranched alkanes of at least 4 members (excludes halogenated alkanes) is 1. The van der Waals surface area contributed by atoms with Crippen LogP contribution in [0.15, 0.2) is 91.3 Å². The molecule has 0 saturated carbocycles. The highest BCUT2D eigenvalue weighted by atomic mass is 16.2. The van der Waals surface area contributed by atoms with Crippen molar-refractivity contribution in [3.63, 3.8) is 0 Å². The molecule has 2 heterocycles. The molecule has 1 saturated heterocycles. The second kappa shape index (κ2) is 14.1. The number of likely N-dealkylation sites (tertiary alicyclic amines) is 1. The molecular weight excluding hydrogens is 458 g/mol. The minimum absolute atomic E-state index is 0.0695. The van der Waals surface area contributed by atoms with Crippen LogP contribution in [0.4, 0.5) is 0 Å². The molecule has 0 radical (unpaired) electrons. The Kier molecular flexibility index (Phi) is 10.1. The summed E-state index contributed by atoms with van der Waals surface area (Å²) in [6.07, 6.45) is 12.6. The van der Waals surface area contributed by atoms with Gasteiger partial charge in [-0.1, -0.05) is 79.6 Å². The molecule has 192 valence electrons. The van der Waals surface area contributed by atoms with Crippen LogP contribution >= 0.6 is 0 Å². The molecule has 0 spiro atoms. The van der Waals surface area contributed by atoms with Crippen molar-refractivity contribution in [2.24, 2.45) is 5.92 Å². The van der Waals surface area contributed by atoms with Crippen molar-refractivity contribution in [3.05, 3.63) is 108 Å². The zero-order valence-corrected chi connectivity index (χ0v) is 21.5. The lowest BCUT2D eigenvalue weighted by Crippen LogP contribution is -2.39. The first-order chi connectivity index (χ1) is 18.2. The second-order valence-electron chi connectivity index (χ2n) is 9.81. The monoisotopic (exact) mass is 495 g/mol. The molecule has 2 amide bonds. The van der Waals surface area contributed by atoms with Gasteiger partial charge in [0.2, 0.25) is 11.8 Å². The van der Waals surface area contributed by atoms with Crippen molar-refractivity contribution in [2.75, 3.05) is 19.6 Å². The summed E-state index contributed by atoms with van der Waals surface area (Å²) >= 11 is 0. The molecule has 3 aromatic rings. The summed E-state index contributed by atoms with van der Waals surface area (Å²) in [6.45, 7) is 2.37. The molecule has 1 aromatic heterocycles.